The number of ether oxygens (including phenoxy) is 4. The molecule has 9 N–H and O–H groups in total. The normalized spacial score (nSPS) is 24.4. The van der Waals surface area contributed by atoms with Crippen molar-refractivity contribution in [3.05, 3.63) is 48.6 Å². The van der Waals surface area contributed by atoms with Crippen LogP contribution >= 0.6 is 0 Å². The molecule has 0 aromatic carbocycles. The smallest absolute Gasteiger partial charge is 0.220 e. The van der Waals surface area contributed by atoms with Crippen LogP contribution in [-0.2, 0) is 23.7 Å². The summed E-state index contributed by atoms with van der Waals surface area (Å²) in [6.45, 7) is 2.78. The van der Waals surface area contributed by atoms with Crippen molar-refractivity contribution in [3.63, 3.8) is 0 Å². The summed E-state index contributed by atoms with van der Waals surface area (Å²) in [4.78, 5) is 13.3. The third-order valence-electron chi connectivity index (χ3n) is 16.2. The van der Waals surface area contributed by atoms with E-state index in [4.69, 9.17) is 18.9 Å². The molecule has 0 aliphatic carbocycles. The molecule has 2 aliphatic rings. The minimum atomic E-state index is -1.79. The molecule has 2 aliphatic heterocycles. The fraction of sp³-hybridized carbons (Fsp3) is 0.866. The number of aliphatic hydroxyl groups is 8. The number of nitrogens with one attached hydrogen (secondary N) is 1. The van der Waals surface area contributed by atoms with Crippen LogP contribution in [0.2, 0.25) is 0 Å². The lowest BCUT2D eigenvalue weighted by Gasteiger charge is -2.46. The number of rotatable bonds is 54. The van der Waals surface area contributed by atoms with Crippen molar-refractivity contribution in [2.45, 2.75) is 351 Å². The van der Waals surface area contributed by atoms with E-state index in [2.05, 4.69) is 55.6 Å². The Kier molecular flexibility index (Phi) is 48.5. The molecule has 12 atom stereocenters. The van der Waals surface area contributed by atoms with Crippen LogP contribution in [0.3, 0.4) is 0 Å². The quantitative estimate of drug-likeness (QED) is 0.0204. The number of carbonyl (C=O) groups excluding carboxylic acids is 1. The van der Waals surface area contributed by atoms with Crippen molar-refractivity contribution in [2.24, 2.45) is 0 Å². The summed E-state index contributed by atoms with van der Waals surface area (Å²) in [6, 6.07) is -0.937. The van der Waals surface area contributed by atoms with E-state index in [1.165, 1.54) is 199 Å². The summed E-state index contributed by atoms with van der Waals surface area (Å²) in [6.07, 6.45) is 50.3. The molecule has 12 unspecified atom stereocenters. The van der Waals surface area contributed by atoms with Crippen molar-refractivity contribution >= 4 is 5.91 Å². The van der Waals surface area contributed by atoms with E-state index >= 15 is 0 Å². The highest BCUT2D eigenvalue weighted by atomic mass is 16.7. The van der Waals surface area contributed by atoms with E-state index in [-0.39, 0.29) is 18.9 Å². The number of hydrogen-bond acceptors (Lipinski definition) is 13. The van der Waals surface area contributed by atoms with Gasteiger partial charge in [0.1, 0.15) is 48.8 Å². The van der Waals surface area contributed by atoms with E-state index in [1.807, 2.05) is 6.08 Å². The highest BCUT2D eigenvalue weighted by Gasteiger charge is 2.51. The maximum atomic E-state index is 13.3. The molecule has 474 valence electrons. The van der Waals surface area contributed by atoms with E-state index in [1.54, 1.807) is 6.08 Å². The summed E-state index contributed by atoms with van der Waals surface area (Å²) in [5.41, 5.74) is 0. The number of hydrogen-bond donors (Lipinski definition) is 9. The fourth-order valence-electron chi connectivity index (χ4n) is 10.8. The van der Waals surface area contributed by atoms with Crippen LogP contribution in [0.5, 0.6) is 0 Å². The molecule has 2 fully saturated rings. The second-order valence-corrected chi connectivity index (χ2v) is 23.6. The molecule has 0 aromatic heterocycles. The van der Waals surface area contributed by atoms with Gasteiger partial charge >= 0.3 is 0 Å². The maximum absolute atomic E-state index is 13.3. The van der Waals surface area contributed by atoms with Crippen LogP contribution in [0, 0.1) is 0 Å². The SMILES string of the molecule is CCCCCCCC/C=C/CC/C=C/CC/C=C/C(O)C(COC1OC(CO)C(OC2OC(CO)C(O)C(O)C2O)C(O)C1O)NC(=O)CCCCCCCCCCCCCCCCCCCCC/C=C\CCCCCCCCCC. The first-order chi connectivity index (χ1) is 39.6. The Labute approximate surface area is 493 Å². The van der Waals surface area contributed by atoms with Gasteiger partial charge in [-0.15, -0.1) is 0 Å². The average molecular weight is 1150 g/mol. The summed E-state index contributed by atoms with van der Waals surface area (Å²) >= 11 is 0. The Morgan fingerprint density at radius 3 is 1.21 bits per heavy atom. The lowest BCUT2D eigenvalue weighted by Crippen LogP contribution is -2.65. The first-order valence-electron chi connectivity index (χ1n) is 33.4. The van der Waals surface area contributed by atoms with E-state index < -0.39 is 86.8 Å². The Hall–Kier alpha value is -2.05. The van der Waals surface area contributed by atoms with Crippen LogP contribution in [0.15, 0.2) is 48.6 Å². The molecule has 2 saturated heterocycles. The van der Waals surface area contributed by atoms with Gasteiger partial charge < -0.3 is 65.1 Å². The van der Waals surface area contributed by atoms with E-state index in [9.17, 15) is 45.6 Å². The first-order valence-corrected chi connectivity index (χ1v) is 33.4. The van der Waals surface area contributed by atoms with E-state index in [0.29, 0.717) is 12.8 Å². The molecule has 14 heteroatoms. The zero-order valence-corrected chi connectivity index (χ0v) is 51.3. The van der Waals surface area contributed by atoms with Gasteiger partial charge in [-0.05, 0) is 70.6 Å². The molecule has 2 heterocycles. The second kappa shape index (κ2) is 52.3. The maximum Gasteiger partial charge on any atom is 0.220 e. The van der Waals surface area contributed by atoms with Gasteiger partial charge in [0, 0.05) is 6.42 Å². The second-order valence-electron chi connectivity index (χ2n) is 23.6. The minimum Gasteiger partial charge on any atom is -0.394 e. The van der Waals surface area contributed by atoms with Gasteiger partial charge in [-0.1, -0.05) is 249 Å². The Morgan fingerprint density at radius 2 is 0.790 bits per heavy atom. The molecular formula is C67H123NO13. The number of amides is 1. The summed E-state index contributed by atoms with van der Waals surface area (Å²) < 4.78 is 22.8. The number of allylic oxidation sites excluding steroid dienone is 7. The number of carbonyl (C=O) groups is 1. The van der Waals surface area contributed by atoms with Gasteiger partial charge in [0.05, 0.1) is 32.0 Å². The Balaban J connectivity index is 1.66. The lowest BCUT2D eigenvalue weighted by atomic mass is 9.97. The standard InChI is InChI=1S/C67H123NO13/c1-3-5-7-9-11-13-15-17-19-21-22-23-24-25-26-27-28-29-30-31-32-33-34-35-37-39-41-43-45-47-49-51-59(72)68-55(56(71)50-48-46-44-42-40-38-36-20-18-16-14-12-10-8-6-4-2)54-78-66-64(77)62(75)65(58(53-70)80-66)81-67-63(76)61(74)60(73)57(52-69)79-67/h18,20-22,40,42,48,50,55-58,60-67,69-71,73-77H,3-17,19,23-39,41,43-47,49,51-54H2,1-2H3,(H,68,72)/b20-18+,22-21-,42-40+,50-48+. The minimum absolute atomic E-state index is 0.250. The van der Waals surface area contributed by atoms with Gasteiger partial charge in [0.25, 0.3) is 0 Å². The molecule has 0 radical (unpaired) electrons. The lowest BCUT2D eigenvalue weighted by molar-refractivity contribution is -0.359. The van der Waals surface area contributed by atoms with Crippen LogP contribution in [0.4, 0.5) is 0 Å². The van der Waals surface area contributed by atoms with Gasteiger partial charge in [-0.2, -0.15) is 0 Å². The molecular weight excluding hydrogens is 1030 g/mol. The third-order valence-corrected chi connectivity index (χ3v) is 16.2. The fourth-order valence-corrected chi connectivity index (χ4v) is 10.8. The Bertz CT molecular complexity index is 1540. The average Bonchev–Trinajstić information content (AvgIpc) is 3.48. The monoisotopic (exact) mass is 1150 g/mol. The molecule has 1 amide bonds. The molecule has 81 heavy (non-hydrogen) atoms. The van der Waals surface area contributed by atoms with Crippen LogP contribution in [-0.4, -0.2) is 140 Å². The Morgan fingerprint density at radius 1 is 0.432 bits per heavy atom. The van der Waals surface area contributed by atoms with Crippen LogP contribution in [0.25, 0.3) is 0 Å². The predicted molar refractivity (Wildman–Crippen MR) is 327 cm³/mol. The van der Waals surface area contributed by atoms with Crippen molar-refractivity contribution in [1.29, 1.82) is 0 Å². The zero-order chi connectivity index (χ0) is 58.8. The van der Waals surface area contributed by atoms with Crippen molar-refractivity contribution < 1.29 is 64.6 Å². The largest absolute Gasteiger partial charge is 0.394 e. The molecule has 0 aromatic rings. The van der Waals surface area contributed by atoms with Gasteiger partial charge in [-0.3, -0.25) is 4.79 Å². The number of aliphatic hydroxyl groups excluding tert-OH is 8. The topological polar surface area (TPSA) is 228 Å². The zero-order valence-electron chi connectivity index (χ0n) is 51.3. The van der Waals surface area contributed by atoms with Gasteiger partial charge in [0.15, 0.2) is 12.6 Å². The van der Waals surface area contributed by atoms with Crippen molar-refractivity contribution in [1.82, 2.24) is 5.32 Å². The third kappa shape index (κ3) is 37.2. The van der Waals surface area contributed by atoms with Crippen molar-refractivity contribution in [2.75, 3.05) is 19.8 Å². The summed E-state index contributed by atoms with van der Waals surface area (Å²) in [7, 11) is 0. The van der Waals surface area contributed by atoms with Crippen LogP contribution in [0.1, 0.15) is 277 Å². The molecule has 0 saturated carbocycles. The van der Waals surface area contributed by atoms with Gasteiger partial charge in [-0.25, -0.2) is 0 Å². The predicted octanol–water partition coefficient (Wildman–Crippen LogP) is 12.7. The molecule has 0 bridgehead atoms. The number of unbranched alkanes of at least 4 members (excludes halogenated alkanes) is 35. The van der Waals surface area contributed by atoms with Crippen molar-refractivity contribution in [3.8, 4) is 0 Å². The van der Waals surface area contributed by atoms with Crippen LogP contribution < -0.4 is 5.32 Å². The summed E-state index contributed by atoms with van der Waals surface area (Å²) in [5, 5.41) is 87.2. The highest BCUT2D eigenvalue weighted by Crippen LogP contribution is 2.30. The molecule has 0 spiro atoms. The highest BCUT2D eigenvalue weighted by molar-refractivity contribution is 5.76. The molecule has 14 nitrogen and oxygen atoms in total. The summed E-state index contributed by atoms with van der Waals surface area (Å²) in [5.74, 6) is -0.250. The van der Waals surface area contributed by atoms with Gasteiger partial charge in [0.2, 0.25) is 5.91 Å². The van der Waals surface area contributed by atoms with E-state index in [0.717, 1.165) is 44.9 Å². The molecule has 2 rings (SSSR count). The first kappa shape index (κ1) is 75.0.